The summed E-state index contributed by atoms with van der Waals surface area (Å²) in [5.74, 6) is 0.880. The van der Waals surface area contributed by atoms with Crippen molar-refractivity contribution in [2.75, 3.05) is 0 Å². The SMILES string of the molecule is CCCC(C)c1cc2c(cc1-c1ccc(C)cc1)Cc1c-2cc(C(C)CCC)c(-c2ccc(C)cc2)[c]1[Zr+2]([C]1=CC=CC1)=[C](Cc1ccc(Cl)cc1)Cc1ccc(Cl)cc1.[Cl-].[Cl-]. The minimum Gasteiger partial charge on any atom is -1.00 e. The maximum atomic E-state index is 6.52. The van der Waals surface area contributed by atoms with Gasteiger partial charge in [-0.25, -0.2) is 0 Å². The van der Waals surface area contributed by atoms with E-state index in [0.717, 1.165) is 48.6 Å². The Kier molecular flexibility index (Phi) is 16.8. The monoisotopic (exact) mass is 972 g/mol. The van der Waals surface area contributed by atoms with E-state index in [-0.39, 0.29) is 24.8 Å². The first-order valence-corrected chi connectivity index (χ1v) is 26.6. The Hall–Kier alpha value is -3.29. The van der Waals surface area contributed by atoms with E-state index in [4.69, 9.17) is 23.2 Å². The van der Waals surface area contributed by atoms with E-state index in [9.17, 15) is 0 Å². The molecular weight excluding hydrogens is 918 g/mol. The number of allylic oxidation sites excluding steroid dienone is 4. The van der Waals surface area contributed by atoms with Crippen molar-refractivity contribution in [1.29, 1.82) is 0 Å². The van der Waals surface area contributed by atoms with Crippen LogP contribution in [0.15, 0.2) is 137 Å². The molecule has 2 unspecified atom stereocenters. The van der Waals surface area contributed by atoms with Gasteiger partial charge in [0, 0.05) is 0 Å². The molecular formula is C57H58Cl4Zr. The maximum absolute atomic E-state index is 6.52. The molecule has 6 aromatic carbocycles. The zero-order valence-corrected chi connectivity index (χ0v) is 42.5. The third-order valence-electron chi connectivity index (χ3n) is 13.0. The first-order chi connectivity index (χ1) is 29.1. The molecule has 2 aliphatic carbocycles. The fourth-order valence-electron chi connectivity index (χ4n) is 9.81. The maximum Gasteiger partial charge on any atom is -1.00 e. The summed E-state index contributed by atoms with van der Waals surface area (Å²) in [5.41, 5.74) is 19.9. The van der Waals surface area contributed by atoms with Crippen LogP contribution < -0.4 is 28.1 Å². The largest absolute Gasteiger partial charge is 1.00 e. The van der Waals surface area contributed by atoms with Gasteiger partial charge >= 0.3 is 380 Å². The molecule has 0 bridgehead atoms. The van der Waals surface area contributed by atoms with Gasteiger partial charge in [-0.1, -0.05) is 0 Å². The van der Waals surface area contributed by atoms with Crippen molar-refractivity contribution < 1.29 is 46.1 Å². The topological polar surface area (TPSA) is 0 Å². The molecule has 0 aliphatic heterocycles. The molecule has 0 fully saturated rings. The van der Waals surface area contributed by atoms with Crippen molar-refractivity contribution in [1.82, 2.24) is 0 Å². The quantitative estimate of drug-likeness (QED) is 0.102. The third kappa shape index (κ3) is 10.5. The van der Waals surface area contributed by atoms with E-state index in [2.05, 4.69) is 175 Å². The molecule has 8 rings (SSSR count). The molecule has 0 radical (unpaired) electrons. The van der Waals surface area contributed by atoms with E-state index in [1.165, 1.54) is 85.2 Å². The van der Waals surface area contributed by atoms with Gasteiger partial charge < -0.3 is 24.8 Å². The van der Waals surface area contributed by atoms with E-state index >= 15 is 0 Å². The Morgan fingerprint density at radius 1 is 0.613 bits per heavy atom. The molecule has 0 amide bonds. The minimum absolute atomic E-state index is 0. The predicted octanol–water partition coefficient (Wildman–Crippen LogP) is 10.1. The number of halogens is 4. The second-order valence-electron chi connectivity index (χ2n) is 17.5. The predicted molar refractivity (Wildman–Crippen MR) is 258 cm³/mol. The van der Waals surface area contributed by atoms with Crippen LogP contribution >= 0.6 is 23.2 Å². The number of hydrogen-bond donors (Lipinski definition) is 0. The Morgan fingerprint density at radius 2 is 1.13 bits per heavy atom. The molecule has 0 heterocycles. The fraction of sp³-hybridized carbons (Fsp3) is 0.281. The summed E-state index contributed by atoms with van der Waals surface area (Å²) in [6.45, 7) is 14.0. The van der Waals surface area contributed by atoms with Gasteiger partial charge in [-0.2, -0.15) is 0 Å². The van der Waals surface area contributed by atoms with Gasteiger partial charge in [0.15, 0.2) is 0 Å². The smallest absolute Gasteiger partial charge is 1.00 e. The van der Waals surface area contributed by atoms with Gasteiger partial charge in [0.2, 0.25) is 0 Å². The van der Waals surface area contributed by atoms with Gasteiger partial charge in [0.1, 0.15) is 0 Å². The molecule has 0 saturated carbocycles. The number of aryl methyl sites for hydroxylation is 2. The minimum atomic E-state index is -2.99. The third-order valence-corrected chi connectivity index (χ3v) is 21.2. The van der Waals surface area contributed by atoms with Crippen molar-refractivity contribution in [3.63, 3.8) is 0 Å². The zero-order chi connectivity index (χ0) is 41.9. The zero-order valence-electron chi connectivity index (χ0n) is 37.0. The van der Waals surface area contributed by atoms with E-state index in [0.29, 0.717) is 11.8 Å². The summed E-state index contributed by atoms with van der Waals surface area (Å²) < 4.78 is 5.06. The molecule has 5 heteroatoms. The van der Waals surface area contributed by atoms with Crippen molar-refractivity contribution in [2.45, 2.75) is 105 Å². The van der Waals surface area contributed by atoms with Crippen LogP contribution in [0, 0.1) is 13.8 Å². The van der Waals surface area contributed by atoms with Gasteiger partial charge in [-0.3, -0.25) is 0 Å². The van der Waals surface area contributed by atoms with Crippen LogP contribution in [-0.2, 0) is 40.5 Å². The summed E-state index contributed by atoms with van der Waals surface area (Å²) in [7, 11) is 0. The molecule has 0 saturated heterocycles. The number of benzene rings is 6. The second-order valence-corrected chi connectivity index (χ2v) is 24.8. The standard InChI is InChI=1S/C37H41.C15H12Cl2.C5H5.2ClH.Zr/c1-7-9-26(5)32-22-36-30(20-34(32)28-15-11-24(3)12-16-28)19-31-21-35(29-17-13-25(4)14-18-29)33(23-37(31)36)27(6)10-8-2;16-14-8-4-12(5-9-14)2-1-3-13-6-10-15(17)11-7-13;1-2-4-5-3-1;;;/h11-18,20,22-23,26-27H,7-10,19H2,1-6H3;4-11H,2-3H2;1-3H,4H2;2*1H;/q;;;;;+2/p-2. The van der Waals surface area contributed by atoms with Gasteiger partial charge in [-0.05, 0) is 0 Å². The van der Waals surface area contributed by atoms with Crippen LogP contribution in [0.3, 0.4) is 0 Å². The van der Waals surface area contributed by atoms with Crippen LogP contribution in [0.1, 0.15) is 116 Å². The molecule has 0 spiro atoms. The van der Waals surface area contributed by atoms with Gasteiger partial charge in [-0.15, -0.1) is 0 Å². The first-order valence-electron chi connectivity index (χ1n) is 22.2. The molecule has 0 N–H and O–H groups in total. The van der Waals surface area contributed by atoms with Crippen molar-refractivity contribution in [3.8, 4) is 33.4 Å². The van der Waals surface area contributed by atoms with Crippen molar-refractivity contribution >= 4 is 29.7 Å². The Labute approximate surface area is 401 Å². The van der Waals surface area contributed by atoms with Crippen LogP contribution in [0.4, 0.5) is 0 Å². The molecule has 2 aliphatic rings. The van der Waals surface area contributed by atoms with Crippen LogP contribution in [0.5, 0.6) is 0 Å². The molecule has 318 valence electrons. The Bertz CT molecular complexity index is 2550. The van der Waals surface area contributed by atoms with E-state index in [1.807, 2.05) is 0 Å². The second kappa shape index (κ2) is 21.6. The number of rotatable bonds is 14. The van der Waals surface area contributed by atoms with E-state index < -0.39 is 21.3 Å². The fourth-order valence-corrected chi connectivity index (χ4v) is 18.8. The summed E-state index contributed by atoms with van der Waals surface area (Å²) in [4.78, 5) is 0. The van der Waals surface area contributed by atoms with E-state index in [1.54, 1.807) is 15.3 Å². The molecule has 62 heavy (non-hydrogen) atoms. The van der Waals surface area contributed by atoms with Crippen LogP contribution in [0.25, 0.3) is 33.4 Å². The first kappa shape index (κ1) is 48.2. The van der Waals surface area contributed by atoms with Crippen LogP contribution in [-0.4, -0.2) is 3.21 Å². The summed E-state index contributed by atoms with van der Waals surface area (Å²) in [5, 5.41) is 1.57. The summed E-state index contributed by atoms with van der Waals surface area (Å²) in [6, 6.07) is 43.9. The van der Waals surface area contributed by atoms with Gasteiger partial charge in [0.25, 0.3) is 0 Å². The summed E-state index contributed by atoms with van der Waals surface area (Å²) in [6.07, 6.45) is 15.8. The van der Waals surface area contributed by atoms with Crippen LogP contribution in [0.2, 0.25) is 10.0 Å². The Balaban J connectivity index is 0.00000321. The average molecular weight is 976 g/mol. The average Bonchev–Trinajstić information content (AvgIpc) is 3.91. The number of fused-ring (bicyclic) bond motifs is 3. The normalized spacial score (nSPS) is 13.2. The molecule has 2 atom stereocenters. The van der Waals surface area contributed by atoms with Crippen molar-refractivity contribution in [3.05, 3.63) is 191 Å². The molecule has 6 aromatic rings. The molecule has 0 aromatic heterocycles. The van der Waals surface area contributed by atoms with Gasteiger partial charge in [0.05, 0.1) is 0 Å². The summed E-state index contributed by atoms with van der Waals surface area (Å²) >= 11 is 10.0. The number of hydrogen-bond acceptors (Lipinski definition) is 0. The Morgan fingerprint density at radius 3 is 1.65 bits per heavy atom. The van der Waals surface area contributed by atoms with Crippen molar-refractivity contribution in [2.24, 2.45) is 0 Å². The molecule has 0 nitrogen and oxygen atoms in total.